The third-order valence-electron chi connectivity index (χ3n) is 3.03. The highest BCUT2D eigenvalue weighted by molar-refractivity contribution is 7.10. The Morgan fingerprint density at radius 2 is 2.39 bits per heavy atom. The van der Waals surface area contributed by atoms with Gasteiger partial charge in [-0.05, 0) is 19.4 Å². The first-order valence-electron chi connectivity index (χ1n) is 6.21. The number of thiophene rings is 1. The lowest BCUT2D eigenvalue weighted by molar-refractivity contribution is 0.0680. The van der Waals surface area contributed by atoms with E-state index in [4.69, 9.17) is 5.11 Å². The van der Waals surface area contributed by atoms with E-state index in [1.807, 2.05) is 12.3 Å². The van der Waals surface area contributed by atoms with E-state index in [0.717, 1.165) is 31.6 Å². The summed E-state index contributed by atoms with van der Waals surface area (Å²) in [4.78, 5) is 3.55. The van der Waals surface area contributed by atoms with Crippen LogP contribution in [0.1, 0.15) is 30.2 Å². The molecule has 0 amide bonds. The standard InChI is InChI=1S/C14H19NO2S/c1-14(17)5-6-15(11-14)9-13-8-12(10-18-13)4-2-3-7-16/h8,10,16-17H,3,5-7,9,11H2,1H3. The minimum absolute atomic E-state index is 0.118. The summed E-state index contributed by atoms with van der Waals surface area (Å²) >= 11 is 1.71. The minimum Gasteiger partial charge on any atom is -0.395 e. The zero-order chi connectivity index (χ0) is 13.0. The molecule has 2 N–H and O–H groups in total. The molecule has 1 atom stereocenters. The lowest BCUT2D eigenvalue weighted by Gasteiger charge is -2.17. The molecule has 1 unspecified atom stereocenters. The van der Waals surface area contributed by atoms with E-state index in [1.54, 1.807) is 11.3 Å². The van der Waals surface area contributed by atoms with Gasteiger partial charge in [0.15, 0.2) is 0 Å². The van der Waals surface area contributed by atoms with E-state index in [1.165, 1.54) is 4.88 Å². The fourth-order valence-electron chi connectivity index (χ4n) is 2.14. The van der Waals surface area contributed by atoms with Gasteiger partial charge < -0.3 is 10.2 Å². The summed E-state index contributed by atoms with van der Waals surface area (Å²) in [6.45, 7) is 4.61. The fourth-order valence-corrected chi connectivity index (χ4v) is 3.00. The van der Waals surface area contributed by atoms with Crippen molar-refractivity contribution in [3.63, 3.8) is 0 Å². The summed E-state index contributed by atoms with van der Waals surface area (Å²) in [5.74, 6) is 5.96. The van der Waals surface area contributed by atoms with Gasteiger partial charge in [-0.25, -0.2) is 0 Å². The zero-order valence-corrected chi connectivity index (χ0v) is 11.5. The summed E-state index contributed by atoms with van der Waals surface area (Å²) in [6, 6.07) is 2.10. The van der Waals surface area contributed by atoms with E-state index >= 15 is 0 Å². The van der Waals surface area contributed by atoms with Crippen molar-refractivity contribution < 1.29 is 10.2 Å². The Kier molecular flexibility index (Phi) is 4.41. The second kappa shape index (κ2) is 5.85. The van der Waals surface area contributed by atoms with Crippen LogP contribution in [-0.4, -0.2) is 40.4 Å². The van der Waals surface area contributed by atoms with E-state index in [-0.39, 0.29) is 6.61 Å². The lowest BCUT2D eigenvalue weighted by atomic mass is 10.1. The maximum atomic E-state index is 9.91. The van der Waals surface area contributed by atoms with Gasteiger partial charge in [0.25, 0.3) is 0 Å². The van der Waals surface area contributed by atoms with Crippen molar-refractivity contribution in [3.05, 3.63) is 21.9 Å². The van der Waals surface area contributed by atoms with E-state index < -0.39 is 5.60 Å². The van der Waals surface area contributed by atoms with Crippen LogP contribution in [0.2, 0.25) is 0 Å². The zero-order valence-electron chi connectivity index (χ0n) is 10.6. The van der Waals surface area contributed by atoms with Crippen LogP contribution in [0.3, 0.4) is 0 Å². The Morgan fingerprint density at radius 3 is 3.06 bits per heavy atom. The van der Waals surface area contributed by atoms with Crippen molar-refractivity contribution in [1.82, 2.24) is 4.90 Å². The van der Waals surface area contributed by atoms with Crippen LogP contribution in [-0.2, 0) is 6.54 Å². The van der Waals surface area contributed by atoms with Crippen molar-refractivity contribution in [2.45, 2.75) is 31.9 Å². The number of aliphatic hydroxyl groups excluding tert-OH is 1. The second-order valence-electron chi connectivity index (χ2n) is 5.03. The molecule has 2 rings (SSSR count). The van der Waals surface area contributed by atoms with Gasteiger partial charge in [0.1, 0.15) is 0 Å². The summed E-state index contributed by atoms with van der Waals surface area (Å²) in [6.07, 6.45) is 1.38. The number of aliphatic hydroxyl groups is 2. The first kappa shape index (κ1) is 13.6. The van der Waals surface area contributed by atoms with Gasteiger partial charge in [-0.3, -0.25) is 4.90 Å². The van der Waals surface area contributed by atoms with Gasteiger partial charge in [0.05, 0.1) is 12.2 Å². The quantitative estimate of drug-likeness (QED) is 0.813. The third kappa shape index (κ3) is 3.82. The molecule has 98 valence electrons. The van der Waals surface area contributed by atoms with Crippen LogP contribution in [0, 0.1) is 11.8 Å². The number of β-amino-alcohol motifs (C(OH)–C–C–N with tert-alkyl or cyclic N) is 1. The first-order valence-corrected chi connectivity index (χ1v) is 7.09. The molecule has 0 bridgehead atoms. The minimum atomic E-state index is -0.527. The summed E-state index contributed by atoms with van der Waals surface area (Å²) in [7, 11) is 0. The Labute approximate surface area is 112 Å². The van der Waals surface area contributed by atoms with E-state index in [0.29, 0.717) is 6.42 Å². The summed E-state index contributed by atoms with van der Waals surface area (Å²) in [5, 5.41) is 20.6. The van der Waals surface area contributed by atoms with Crippen LogP contribution in [0.5, 0.6) is 0 Å². The van der Waals surface area contributed by atoms with Crippen molar-refractivity contribution >= 4 is 11.3 Å². The molecule has 1 aromatic rings. The molecule has 1 fully saturated rings. The number of rotatable bonds is 3. The predicted octanol–water partition coefficient (Wildman–Crippen LogP) is 1.44. The summed E-state index contributed by atoms with van der Waals surface area (Å²) in [5.41, 5.74) is 0.496. The number of hydrogen-bond donors (Lipinski definition) is 2. The van der Waals surface area contributed by atoms with Crippen LogP contribution in [0.4, 0.5) is 0 Å². The summed E-state index contributed by atoms with van der Waals surface area (Å²) < 4.78 is 0. The molecule has 2 heterocycles. The Balaban J connectivity index is 1.90. The average molecular weight is 265 g/mol. The van der Waals surface area contributed by atoms with Crippen LogP contribution >= 0.6 is 11.3 Å². The second-order valence-corrected chi connectivity index (χ2v) is 6.03. The molecule has 1 saturated heterocycles. The van der Waals surface area contributed by atoms with E-state index in [2.05, 4.69) is 22.8 Å². The predicted molar refractivity (Wildman–Crippen MR) is 73.4 cm³/mol. The molecular weight excluding hydrogens is 246 g/mol. The topological polar surface area (TPSA) is 43.7 Å². The molecule has 0 spiro atoms. The maximum Gasteiger partial charge on any atom is 0.0758 e. The Bertz CT molecular complexity index is 456. The van der Waals surface area contributed by atoms with Gasteiger partial charge in [-0.15, -0.1) is 11.3 Å². The van der Waals surface area contributed by atoms with Crippen LogP contribution in [0.15, 0.2) is 11.4 Å². The van der Waals surface area contributed by atoms with Gasteiger partial charge in [-0.1, -0.05) is 11.8 Å². The molecule has 0 saturated carbocycles. The van der Waals surface area contributed by atoms with Gasteiger partial charge in [0, 0.05) is 41.9 Å². The molecule has 0 aromatic carbocycles. The molecule has 4 heteroatoms. The monoisotopic (exact) mass is 265 g/mol. The SMILES string of the molecule is CC1(O)CCN(Cc2cc(C#CCCO)cs2)C1. The van der Waals surface area contributed by atoms with Crippen LogP contribution in [0.25, 0.3) is 0 Å². The van der Waals surface area contributed by atoms with Gasteiger partial charge >= 0.3 is 0 Å². The van der Waals surface area contributed by atoms with Crippen molar-refractivity contribution in [2.24, 2.45) is 0 Å². The molecule has 1 aliphatic heterocycles. The normalized spacial score (nSPS) is 23.9. The number of likely N-dealkylation sites (tertiary alicyclic amines) is 1. The lowest BCUT2D eigenvalue weighted by Crippen LogP contribution is -2.29. The Morgan fingerprint density at radius 1 is 1.56 bits per heavy atom. The van der Waals surface area contributed by atoms with Crippen molar-refractivity contribution in [2.75, 3.05) is 19.7 Å². The molecule has 0 radical (unpaired) electrons. The van der Waals surface area contributed by atoms with Crippen molar-refractivity contribution in [1.29, 1.82) is 0 Å². The molecule has 18 heavy (non-hydrogen) atoms. The third-order valence-corrected chi connectivity index (χ3v) is 3.96. The smallest absolute Gasteiger partial charge is 0.0758 e. The number of nitrogens with zero attached hydrogens (tertiary/aromatic N) is 1. The Hall–Kier alpha value is -0.860. The first-order chi connectivity index (χ1) is 8.59. The molecule has 3 nitrogen and oxygen atoms in total. The molecule has 1 aliphatic rings. The molecule has 0 aliphatic carbocycles. The number of hydrogen-bond acceptors (Lipinski definition) is 4. The highest BCUT2D eigenvalue weighted by atomic mass is 32.1. The van der Waals surface area contributed by atoms with Gasteiger partial charge in [-0.2, -0.15) is 0 Å². The highest BCUT2D eigenvalue weighted by Crippen LogP contribution is 2.24. The van der Waals surface area contributed by atoms with Crippen LogP contribution < -0.4 is 0 Å². The highest BCUT2D eigenvalue weighted by Gasteiger charge is 2.31. The van der Waals surface area contributed by atoms with E-state index in [9.17, 15) is 5.11 Å². The largest absolute Gasteiger partial charge is 0.395 e. The fraction of sp³-hybridized carbons (Fsp3) is 0.571. The average Bonchev–Trinajstić information content (AvgIpc) is 2.87. The molecule has 1 aromatic heterocycles. The maximum absolute atomic E-state index is 9.91. The van der Waals surface area contributed by atoms with Crippen molar-refractivity contribution in [3.8, 4) is 11.8 Å². The molecular formula is C14H19NO2S. The van der Waals surface area contributed by atoms with Gasteiger partial charge in [0.2, 0.25) is 0 Å².